The number of benzene rings is 1. The Bertz CT molecular complexity index is 632. The van der Waals surface area contributed by atoms with Crippen LogP contribution in [0, 0.1) is 24.2 Å². The van der Waals surface area contributed by atoms with Crippen molar-refractivity contribution < 1.29 is 0 Å². The largest absolute Gasteiger partial charge is 0.198 e. The molecule has 0 N–H and O–H groups in total. The second-order valence-corrected chi connectivity index (χ2v) is 8.07. The van der Waals surface area contributed by atoms with Gasteiger partial charge in [-0.1, -0.05) is 53.4 Å². The standard InChI is InChI=1S/C16H17N3S2/c1-11-18-19-16(20-11)21-15-9-13(7-8-14(15)10-17)12-5-3-2-4-6-12/h2-6,13-15H,7-9H2,1H3. The van der Waals surface area contributed by atoms with E-state index in [9.17, 15) is 5.26 Å². The average Bonchev–Trinajstić information content (AvgIpc) is 2.93. The van der Waals surface area contributed by atoms with Crippen molar-refractivity contribution in [2.45, 2.75) is 41.7 Å². The normalized spacial score (nSPS) is 25.4. The van der Waals surface area contributed by atoms with E-state index in [4.69, 9.17) is 0 Å². The third-order valence-corrected chi connectivity index (χ3v) is 6.27. The van der Waals surface area contributed by atoms with Crippen molar-refractivity contribution in [1.82, 2.24) is 10.2 Å². The van der Waals surface area contributed by atoms with Gasteiger partial charge in [-0.3, -0.25) is 0 Å². The topological polar surface area (TPSA) is 49.6 Å². The minimum absolute atomic E-state index is 0.124. The van der Waals surface area contributed by atoms with Crippen LogP contribution in [0.4, 0.5) is 0 Å². The quantitative estimate of drug-likeness (QED) is 0.841. The average molecular weight is 315 g/mol. The molecule has 1 aliphatic rings. The Morgan fingerprint density at radius 1 is 1.24 bits per heavy atom. The monoisotopic (exact) mass is 315 g/mol. The van der Waals surface area contributed by atoms with Crippen molar-refractivity contribution in [3.05, 3.63) is 40.9 Å². The Balaban J connectivity index is 1.74. The van der Waals surface area contributed by atoms with Crippen molar-refractivity contribution in [3.8, 4) is 6.07 Å². The number of thioether (sulfide) groups is 1. The molecule has 3 rings (SSSR count). The Kier molecular flexibility index (Phi) is 4.57. The summed E-state index contributed by atoms with van der Waals surface area (Å²) < 4.78 is 0.992. The van der Waals surface area contributed by atoms with Crippen molar-refractivity contribution in [2.24, 2.45) is 5.92 Å². The first-order valence-electron chi connectivity index (χ1n) is 7.17. The Morgan fingerprint density at radius 2 is 2.05 bits per heavy atom. The summed E-state index contributed by atoms with van der Waals surface area (Å²) in [6.07, 6.45) is 3.13. The summed E-state index contributed by atoms with van der Waals surface area (Å²) in [5, 5.41) is 19.0. The van der Waals surface area contributed by atoms with E-state index in [1.165, 1.54) is 5.56 Å². The van der Waals surface area contributed by atoms with E-state index in [1.807, 2.05) is 6.92 Å². The molecule has 0 radical (unpaired) electrons. The molecule has 21 heavy (non-hydrogen) atoms. The van der Waals surface area contributed by atoms with Crippen LogP contribution < -0.4 is 0 Å². The zero-order valence-electron chi connectivity index (χ0n) is 11.9. The van der Waals surface area contributed by atoms with Crippen LogP contribution in [0.25, 0.3) is 0 Å². The molecule has 3 nitrogen and oxygen atoms in total. The number of aromatic nitrogens is 2. The molecule has 1 aliphatic carbocycles. The van der Waals surface area contributed by atoms with Gasteiger partial charge in [0.05, 0.1) is 12.0 Å². The fourth-order valence-corrected chi connectivity index (χ4v) is 5.27. The molecule has 0 saturated heterocycles. The van der Waals surface area contributed by atoms with Gasteiger partial charge in [-0.05, 0) is 37.7 Å². The van der Waals surface area contributed by atoms with E-state index in [2.05, 4.69) is 46.6 Å². The Hall–Kier alpha value is -1.38. The number of nitriles is 1. The second-order valence-electron chi connectivity index (χ2n) is 5.40. The molecule has 1 fully saturated rings. The highest BCUT2D eigenvalue weighted by Gasteiger charge is 2.32. The fraction of sp³-hybridized carbons (Fsp3) is 0.438. The first kappa shape index (κ1) is 14.6. The number of nitrogens with zero attached hydrogens (tertiary/aromatic N) is 3. The molecule has 108 valence electrons. The third-order valence-electron chi connectivity index (χ3n) is 3.99. The Labute approximate surface area is 133 Å². The molecule has 0 aliphatic heterocycles. The summed E-state index contributed by atoms with van der Waals surface area (Å²) in [4.78, 5) is 0. The van der Waals surface area contributed by atoms with Crippen LogP contribution in [0.15, 0.2) is 34.7 Å². The van der Waals surface area contributed by atoms with Crippen LogP contribution in [-0.4, -0.2) is 15.4 Å². The lowest BCUT2D eigenvalue weighted by molar-refractivity contribution is 0.393. The molecule has 0 spiro atoms. The molecule has 0 bridgehead atoms. The minimum Gasteiger partial charge on any atom is -0.198 e. The van der Waals surface area contributed by atoms with Crippen molar-refractivity contribution in [2.75, 3.05) is 0 Å². The number of rotatable bonds is 3. The van der Waals surface area contributed by atoms with Crippen LogP contribution in [-0.2, 0) is 0 Å². The summed E-state index contributed by atoms with van der Waals surface area (Å²) in [6.45, 7) is 1.97. The molecule has 1 aromatic carbocycles. The van der Waals surface area contributed by atoms with Gasteiger partial charge in [0.2, 0.25) is 0 Å². The van der Waals surface area contributed by atoms with Crippen molar-refractivity contribution in [3.63, 3.8) is 0 Å². The van der Waals surface area contributed by atoms with Gasteiger partial charge in [-0.25, -0.2) is 0 Å². The number of aryl methyl sites for hydroxylation is 1. The molecule has 3 unspecified atom stereocenters. The summed E-state index contributed by atoms with van der Waals surface area (Å²) in [5.74, 6) is 0.682. The molecule has 1 heterocycles. The highest BCUT2D eigenvalue weighted by molar-refractivity contribution is 8.01. The number of hydrogen-bond acceptors (Lipinski definition) is 5. The van der Waals surface area contributed by atoms with Crippen molar-refractivity contribution >= 4 is 23.1 Å². The van der Waals surface area contributed by atoms with E-state index in [-0.39, 0.29) is 5.92 Å². The van der Waals surface area contributed by atoms with Gasteiger partial charge in [0.25, 0.3) is 0 Å². The predicted molar refractivity (Wildman–Crippen MR) is 86.4 cm³/mol. The second kappa shape index (κ2) is 6.59. The smallest absolute Gasteiger partial charge is 0.174 e. The minimum atomic E-state index is 0.124. The molecular formula is C16H17N3S2. The van der Waals surface area contributed by atoms with Gasteiger partial charge in [-0.2, -0.15) is 5.26 Å². The van der Waals surface area contributed by atoms with Gasteiger partial charge >= 0.3 is 0 Å². The molecule has 0 amide bonds. The maximum Gasteiger partial charge on any atom is 0.174 e. The summed E-state index contributed by atoms with van der Waals surface area (Å²) >= 11 is 3.36. The zero-order valence-corrected chi connectivity index (χ0v) is 13.5. The highest BCUT2D eigenvalue weighted by Crippen LogP contribution is 2.43. The van der Waals surface area contributed by atoms with Crippen LogP contribution in [0.1, 0.15) is 35.8 Å². The molecule has 1 saturated carbocycles. The maximum atomic E-state index is 9.41. The first-order valence-corrected chi connectivity index (χ1v) is 8.87. The lowest BCUT2D eigenvalue weighted by Gasteiger charge is -2.32. The molecular weight excluding hydrogens is 298 g/mol. The maximum absolute atomic E-state index is 9.41. The highest BCUT2D eigenvalue weighted by atomic mass is 32.2. The summed E-state index contributed by atoms with van der Waals surface area (Å²) in [6, 6.07) is 13.1. The van der Waals surface area contributed by atoms with E-state index >= 15 is 0 Å². The van der Waals surface area contributed by atoms with Gasteiger partial charge < -0.3 is 0 Å². The predicted octanol–water partition coefficient (Wildman–Crippen LogP) is 4.41. The van der Waals surface area contributed by atoms with Crippen molar-refractivity contribution in [1.29, 1.82) is 5.26 Å². The van der Waals surface area contributed by atoms with Gasteiger partial charge in [0.15, 0.2) is 4.34 Å². The van der Waals surface area contributed by atoms with Crippen LogP contribution in [0.2, 0.25) is 0 Å². The molecule has 5 heteroatoms. The van der Waals surface area contributed by atoms with Crippen LogP contribution in [0.5, 0.6) is 0 Å². The van der Waals surface area contributed by atoms with E-state index in [0.717, 1.165) is 28.6 Å². The summed E-state index contributed by atoms with van der Waals surface area (Å²) in [7, 11) is 0. The zero-order chi connectivity index (χ0) is 14.7. The van der Waals surface area contributed by atoms with Crippen LogP contribution >= 0.6 is 23.1 Å². The fourth-order valence-electron chi connectivity index (χ4n) is 2.89. The van der Waals surface area contributed by atoms with Crippen LogP contribution in [0.3, 0.4) is 0 Å². The summed E-state index contributed by atoms with van der Waals surface area (Å²) in [5.41, 5.74) is 1.40. The molecule has 3 atom stereocenters. The van der Waals surface area contributed by atoms with Gasteiger partial charge in [-0.15, -0.1) is 10.2 Å². The van der Waals surface area contributed by atoms with E-state index in [1.54, 1.807) is 23.1 Å². The molecule has 1 aromatic heterocycles. The lowest BCUT2D eigenvalue weighted by Crippen LogP contribution is -2.25. The number of hydrogen-bond donors (Lipinski definition) is 0. The SMILES string of the molecule is Cc1nnc(SC2CC(c3ccccc3)CCC2C#N)s1. The Morgan fingerprint density at radius 3 is 2.71 bits per heavy atom. The van der Waals surface area contributed by atoms with Gasteiger partial charge in [0, 0.05) is 5.25 Å². The van der Waals surface area contributed by atoms with E-state index < -0.39 is 0 Å². The lowest BCUT2D eigenvalue weighted by atomic mass is 9.79. The third kappa shape index (κ3) is 3.45. The first-order chi connectivity index (χ1) is 10.3. The van der Waals surface area contributed by atoms with Gasteiger partial charge in [0.1, 0.15) is 5.01 Å². The molecule has 2 aromatic rings. The van der Waals surface area contributed by atoms with E-state index in [0.29, 0.717) is 11.2 Å².